The summed E-state index contributed by atoms with van der Waals surface area (Å²) in [7, 11) is 0. The van der Waals surface area contributed by atoms with Crippen molar-refractivity contribution in [3.8, 4) is 0 Å². The summed E-state index contributed by atoms with van der Waals surface area (Å²) in [5.74, 6) is -1.88. The number of rotatable bonds is 9. The van der Waals surface area contributed by atoms with Crippen molar-refractivity contribution in [1.82, 2.24) is 5.32 Å². The van der Waals surface area contributed by atoms with Crippen LogP contribution in [0.3, 0.4) is 0 Å². The van der Waals surface area contributed by atoms with E-state index in [1.807, 2.05) is 6.07 Å². The Morgan fingerprint density at radius 3 is 2.19 bits per heavy atom. The number of carbonyl (C=O) groups is 3. The van der Waals surface area contributed by atoms with Crippen molar-refractivity contribution in [2.75, 3.05) is 16.4 Å². The first kappa shape index (κ1) is 30.4. The van der Waals surface area contributed by atoms with Crippen molar-refractivity contribution in [1.29, 1.82) is 0 Å². The molecular formula is C31H23ClF3N3O3S. The number of anilines is 2. The maximum absolute atomic E-state index is 13.3. The van der Waals surface area contributed by atoms with Gasteiger partial charge in [-0.2, -0.15) is 13.2 Å². The third-order valence-electron chi connectivity index (χ3n) is 5.66. The highest BCUT2D eigenvalue weighted by Crippen LogP contribution is 2.36. The number of hydrogen-bond acceptors (Lipinski definition) is 4. The van der Waals surface area contributed by atoms with E-state index in [9.17, 15) is 27.6 Å². The molecule has 3 amide bonds. The second kappa shape index (κ2) is 13.9. The van der Waals surface area contributed by atoms with E-state index in [-0.39, 0.29) is 16.5 Å². The monoisotopic (exact) mass is 609 g/mol. The van der Waals surface area contributed by atoms with E-state index >= 15 is 0 Å². The number of nitrogens with one attached hydrogen (secondary N) is 3. The van der Waals surface area contributed by atoms with Gasteiger partial charge in [0.1, 0.15) is 5.70 Å². The first-order valence-corrected chi connectivity index (χ1v) is 13.8. The molecule has 4 aromatic carbocycles. The molecule has 0 aliphatic carbocycles. The molecule has 6 nitrogen and oxygen atoms in total. The Morgan fingerprint density at radius 2 is 1.50 bits per heavy atom. The van der Waals surface area contributed by atoms with Gasteiger partial charge in [-0.25, -0.2) is 0 Å². The summed E-state index contributed by atoms with van der Waals surface area (Å²) in [6, 6.07) is 27.1. The summed E-state index contributed by atoms with van der Waals surface area (Å²) in [6.07, 6.45) is -3.15. The van der Waals surface area contributed by atoms with Gasteiger partial charge in [-0.3, -0.25) is 14.4 Å². The van der Waals surface area contributed by atoms with Gasteiger partial charge in [0, 0.05) is 21.2 Å². The first-order chi connectivity index (χ1) is 20.1. The maximum atomic E-state index is 13.3. The first-order valence-electron chi connectivity index (χ1n) is 12.4. The SMILES string of the molecule is O=C(CSc1cccc(NC(=O)/C(=C/c2ccccc2)NC(=O)c2ccccc2)c1)Nc1ccc(Cl)cc1C(F)(F)F. The van der Waals surface area contributed by atoms with Crippen LogP contribution in [-0.2, 0) is 15.8 Å². The maximum Gasteiger partial charge on any atom is 0.418 e. The van der Waals surface area contributed by atoms with Crippen LogP contribution in [0.25, 0.3) is 6.08 Å². The Hall–Kier alpha value is -4.54. The minimum absolute atomic E-state index is 0.0101. The Labute approximate surface area is 249 Å². The summed E-state index contributed by atoms with van der Waals surface area (Å²) < 4.78 is 40.0. The summed E-state index contributed by atoms with van der Waals surface area (Å²) >= 11 is 6.76. The van der Waals surface area contributed by atoms with Gasteiger partial charge in [-0.1, -0.05) is 66.2 Å². The Morgan fingerprint density at radius 1 is 0.810 bits per heavy atom. The number of thioether (sulfide) groups is 1. The van der Waals surface area contributed by atoms with Crippen LogP contribution in [0.15, 0.2) is 114 Å². The standard InChI is InChI=1S/C31H23ClF3N3O3S/c32-22-14-15-26(25(17-22)31(33,34)35)37-28(39)19-42-24-13-7-12-23(18-24)36-30(41)27(16-20-8-3-1-4-9-20)38-29(40)21-10-5-2-6-11-21/h1-18H,19H2,(H,36,41)(H,37,39)(H,38,40)/b27-16-. The number of halogens is 4. The molecule has 0 aromatic heterocycles. The number of benzene rings is 4. The van der Waals surface area contributed by atoms with Gasteiger partial charge in [0.25, 0.3) is 11.8 Å². The van der Waals surface area contributed by atoms with E-state index in [4.69, 9.17) is 11.6 Å². The predicted octanol–water partition coefficient (Wildman–Crippen LogP) is 7.50. The van der Waals surface area contributed by atoms with Crippen LogP contribution in [0.5, 0.6) is 0 Å². The summed E-state index contributed by atoms with van der Waals surface area (Å²) in [5.41, 5.74) is 0.0273. The molecule has 0 saturated carbocycles. The van der Waals surface area contributed by atoms with Crippen LogP contribution >= 0.6 is 23.4 Å². The third kappa shape index (κ3) is 8.73. The lowest BCUT2D eigenvalue weighted by molar-refractivity contribution is -0.137. The van der Waals surface area contributed by atoms with Crippen molar-refractivity contribution in [3.05, 3.63) is 131 Å². The highest BCUT2D eigenvalue weighted by molar-refractivity contribution is 8.00. The molecule has 42 heavy (non-hydrogen) atoms. The molecular weight excluding hydrogens is 587 g/mol. The van der Waals surface area contributed by atoms with Crippen LogP contribution in [0, 0.1) is 0 Å². The minimum Gasteiger partial charge on any atom is -0.325 e. The second-order valence-corrected chi connectivity index (χ2v) is 10.3. The molecule has 0 bridgehead atoms. The highest BCUT2D eigenvalue weighted by atomic mass is 35.5. The molecule has 214 valence electrons. The van der Waals surface area contributed by atoms with E-state index in [0.29, 0.717) is 21.7 Å². The smallest absolute Gasteiger partial charge is 0.325 e. The highest BCUT2D eigenvalue weighted by Gasteiger charge is 2.34. The molecule has 0 aliphatic heterocycles. The van der Waals surface area contributed by atoms with Crippen LogP contribution in [-0.4, -0.2) is 23.5 Å². The van der Waals surface area contributed by atoms with Crippen LogP contribution in [0.1, 0.15) is 21.5 Å². The van der Waals surface area contributed by atoms with Gasteiger partial charge in [0.15, 0.2) is 0 Å². The lowest BCUT2D eigenvalue weighted by Crippen LogP contribution is -2.30. The molecule has 11 heteroatoms. The number of carbonyl (C=O) groups excluding carboxylic acids is 3. The summed E-state index contributed by atoms with van der Waals surface area (Å²) in [6.45, 7) is 0. The average molecular weight is 610 g/mol. The van der Waals surface area contributed by atoms with Crippen molar-refractivity contribution >= 4 is 58.5 Å². The Kier molecular flexibility index (Phi) is 10.1. The Bertz CT molecular complexity index is 1610. The number of alkyl halides is 3. The fraction of sp³-hybridized carbons (Fsp3) is 0.0645. The summed E-state index contributed by atoms with van der Waals surface area (Å²) in [4.78, 5) is 39.0. The third-order valence-corrected chi connectivity index (χ3v) is 6.89. The molecule has 0 aliphatic rings. The van der Waals surface area contributed by atoms with Gasteiger partial charge < -0.3 is 16.0 Å². The molecule has 0 fully saturated rings. The Balaban J connectivity index is 1.44. The van der Waals surface area contributed by atoms with Crippen LogP contribution < -0.4 is 16.0 Å². The number of hydrogen-bond donors (Lipinski definition) is 3. The largest absolute Gasteiger partial charge is 0.418 e. The second-order valence-electron chi connectivity index (χ2n) is 8.80. The zero-order valence-electron chi connectivity index (χ0n) is 21.7. The van der Waals surface area contributed by atoms with Crippen LogP contribution in [0.4, 0.5) is 24.5 Å². The van der Waals surface area contributed by atoms with Crippen molar-refractivity contribution in [3.63, 3.8) is 0 Å². The zero-order valence-corrected chi connectivity index (χ0v) is 23.3. The van der Waals surface area contributed by atoms with Gasteiger partial charge in [0.2, 0.25) is 5.91 Å². The molecule has 3 N–H and O–H groups in total. The van der Waals surface area contributed by atoms with Crippen molar-refractivity contribution in [2.45, 2.75) is 11.1 Å². The van der Waals surface area contributed by atoms with E-state index in [1.165, 1.54) is 6.07 Å². The van der Waals surface area contributed by atoms with Gasteiger partial charge in [-0.15, -0.1) is 11.8 Å². The fourth-order valence-electron chi connectivity index (χ4n) is 3.72. The van der Waals surface area contributed by atoms with E-state index in [1.54, 1.807) is 84.9 Å². The summed E-state index contributed by atoms with van der Waals surface area (Å²) in [5, 5.41) is 7.58. The fourth-order valence-corrected chi connectivity index (χ4v) is 4.64. The molecule has 4 rings (SSSR count). The van der Waals surface area contributed by atoms with Gasteiger partial charge >= 0.3 is 6.18 Å². The lowest BCUT2D eigenvalue weighted by Gasteiger charge is -2.14. The number of amides is 3. The zero-order chi connectivity index (χ0) is 30.1. The van der Waals surface area contributed by atoms with E-state index < -0.39 is 35.1 Å². The van der Waals surface area contributed by atoms with E-state index in [2.05, 4.69) is 16.0 Å². The average Bonchev–Trinajstić information content (AvgIpc) is 2.97. The van der Waals surface area contributed by atoms with Gasteiger partial charge in [-0.05, 0) is 60.2 Å². The molecule has 0 saturated heterocycles. The molecule has 0 atom stereocenters. The quantitative estimate of drug-likeness (QED) is 0.135. The normalized spacial score (nSPS) is 11.5. The van der Waals surface area contributed by atoms with Crippen molar-refractivity contribution in [2.24, 2.45) is 0 Å². The minimum atomic E-state index is -4.69. The van der Waals surface area contributed by atoms with Gasteiger partial charge in [0.05, 0.1) is 17.0 Å². The van der Waals surface area contributed by atoms with Crippen molar-refractivity contribution < 1.29 is 27.6 Å². The molecule has 0 spiro atoms. The molecule has 4 aromatic rings. The topological polar surface area (TPSA) is 87.3 Å². The lowest BCUT2D eigenvalue weighted by atomic mass is 10.1. The molecule has 0 heterocycles. The molecule has 0 unspecified atom stereocenters. The van der Waals surface area contributed by atoms with Crippen LogP contribution in [0.2, 0.25) is 5.02 Å². The molecule has 0 radical (unpaired) electrons. The predicted molar refractivity (Wildman–Crippen MR) is 159 cm³/mol. The van der Waals surface area contributed by atoms with E-state index in [0.717, 1.165) is 23.9 Å².